The average Bonchev–Trinajstić information content (AvgIpc) is 3.08. The van der Waals surface area contributed by atoms with Gasteiger partial charge in [0.1, 0.15) is 6.54 Å². The van der Waals surface area contributed by atoms with Crippen LogP contribution in [0.25, 0.3) is 11.0 Å². The number of carbonyl (C=O) groups excluding carboxylic acids is 2. The molecule has 0 aliphatic carbocycles. The van der Waals surface area contributed by atoms with Gasteiger partial charge in [0.05, 0.1) is 18.1 Å². The number of fused-ring (bicyclic) bond motifs is 1. The lowest BCUT2D eigenvalue weighted by Gasteiger charge is -2.18. The molecule has 0 fully saturated rings. The monoisotopic (exact) mass is 394 g/mol. The molecule has 8 heteroatoms. The highest BCUT2D eigenvalue weighted by Crippen LogP contribution is 2.20. The second-order valence-corrected chi connectivity index (χ2v) is 7.42. The predicted octanol–water partition coefficient (Wildman–Crippen LogP) is 3.73. The van der Waals surface area contributed by atoms with Gasteiger partial charge >= 0.3 is 6.03 Å². The number of benzene rings is 1. The molecule has 0 atom stereocenters. The molecule has 2 heterocycles. The Morgan fingerprint density at radius 1 is 1.14 bits per heavy atom. The molecule has 0 bridgehead atoms. The molecule has 0 aliphatic rings. The standard InChI is InChI=1S/C21H26N6O2/c1-13(2)27-20-16(10-23-27)9-17(11-22-20)24-21(29)26(5)12-18(28)25-19-14(3)7-6-8-15(19)4/h6-11,13H,12H2,1-5H3,(H,24,29)(H,25,28). The summed E-state index contributed by atoms with van der Waals surface area (Å²) in [6, 6.07) is 7.43. The van der Waals surface area contributed by atoms with Crippen LogP contribution in [0.3, 0.4) is 0 Å². The number of aryl methyl sites for hydroxylation is 2. The Morgan fingerprint density at radius 3 is 2.48 bits per heavy atom. The number of urea groups is 1. The smallest absolute Gasteiger partial charge is 0.322 e. The van der Waals surface area contributed by atoms with Gasteiger partial charge in [0.2, 0.25) is 5.91 Å². The van der Waals surface area contributed by atoms with Gasteiger partial charge in [-0.3, -0.25) is 4.79 Å². The van der Waals surface area contributed by atoms with Gasteiger partial charge in [-0.25, -0.2) is 14.5 Å². The largest absolute Gasteiger partial charge is 0.324 e. The molecule has 0 saturated heterocycles. The van der Waals surface area contributed by atoms with Gasteiger partial charge in [0.25, 0.3) is 0 Å². The number of carbonyl (C=O) groups is 2. The van der Waals surface area contributed by atoms with E-state index in [1.165, 1.54) is 4.90 Å². The molecule has 2 N–H and O–H groups in total. The first-order chi connectivity index (χ1) is 13.8. The van der Waals surface area contributed by atoms with E-state index in [1.54, 1.807) is 19.4 Å². The summed E-state index contributed by atoms with van der Waals surface area (Å²) in [6.45, 7) is 7.86. The van der Waals surface area contributed by atoms with Crippen molar-refractivity contribution in [2.45, 2.75) is 33.7 Å². The Hall–Kier alpha value is -3.42. The summed E-state index contributed by atoms with van der Waals surface area (Å²) in [5.41, 5.74) is 4.05. The van der Waals surface area contributed by atoms with Crippen LogP contribution in [0, 0.1) is 13.8 Å². The van der Waals surface area contributed by atoms with Crippen LogP contribution >= 0.6 is 0 Å². The minimum atomic E-state index is -0.390. The molecule has 8 nitrogen and oxygen atoms in total. The van der Waals surface area contributed by atoms with E-state index in [4.69, 9.17) is 0 Å². The van der Waals surface area contributed by atoms with Gasteiger partial charge in [-0.05, 0) is 44.9 Å². The number of likely N-dealkylation sites (N-methyl/N-ethyl adjacent to an activating group) is 1. The van der Waals surface area contributed by atoms with Crippen molar-refractivity contribution in [1.82, 2.24) is 19.7 Å². The quantitative estimate of drug-likeness (QED) is 0.690. The second kappa shape index (κ2) is 8.30. The molecule has 29 heavy (non-hydrogen) atoms. The van der Waals surface area contributed by atoms with Gasteiger partial charge in [-0.1, -0.05) is 18.2 Å². The molecule has 152 valence electrons. The molecule has 3 aromatic rings. The van der Waals surface area contributed by atoms with Crippen LogP contribution in [0.1, 0.15) is 31.0 Å². The zero-order valence-electron chi connectivity index (χ0n) is 17.4. The van der Waals surface area contributed by atoms with E-state index in [9.17, 15) is 9.59 Å². The predicted molar refractivity (Wildman–Crippen MR) is 114 cm³/mol. The average molecular weight is 394 g/mol. The van der Waals surface area contributed by atoms with Crippen LogP contribution in [-0.2, 0) is 4.79 Å². The molecule has 0 aliphatic heterocycles. The number of aromatic nitrogens is 3. The van der Waals surface area contributed by atoms with Crippen molar-refractivity contribution in [3.8, 4) is 0 Å². The maximum Gasteiger partial charge on any atom is 0.322 e. The van der Waals surface area contributed by atoms with Crippen molar-refractivity contribution in [1.29, 1.82) is 0 Å². The normalized spacial score (nSPS) is 11.0. The summed E-state index contributed by atoms with van der Waals surface area (Å²) in [5, 5.41) is 10.8. The van der Waals surface area contributed by atoms with Crippen molar-refractivity contribution in [3.05, 3.63) is 47.8 Å². The SMILES string of the molecule is Cc1cccc(C)c1NC(=O)CN(C)C(=O)Nc1cnc2c(cnn2C(C)C)c1. The third kappa shape index (κ3) is 4.53. The molecule has 3 amide bonds. The van der Waals surface area contributed by atoms with Crippen molar-refractivity contribution in [3.63, 3.8) is 0 Å². The number of amides is 3. The molecule has 1 aromatic carbocycles. The number of rotatable bonds is 5. The van der Waals surface area contributed by atoms with Crippen LogP contribution < -0.4 is 10.6 Å². The van der Waals surface area contributed by atoms with E-state index < -0.39 is 0 Å². The van der Waals surface area contributed by atoms with Crippen molar-refractivity contribution in [2.24, 2.45) is 0 Å². The van der Waals surface area contributed by atoms with Crippen LogP contribution in [0.15, 0.2) is 36.7 Å². The third-order valence-corrected chi connectivity index (χ3v) is 4.65. The zero-order chi connectivity index (χ0) is 21.1. The Balaban J connectivity index is 1.63. The topological polar surface area (TPSA) is 92.2 Å². The van der Waals surface area contributed by atoms with Crippen LogP contribution in [0.4, 0.5) is 16.2 Å². The first kappa shape index (κ1) is 20.3. The third-order valence-electron chi connectivity index (χ3n) is 4.65. The first-order valence-electron chi connectivity index (χ1n) is 9.47. The van der Waals surface area contributed by atoms with Gasteiger partial charge in [-0.15, -0.1) is 0 Å². The minimum Gasteiger partial charge on any atom is -0.324 e. The molecule has 0 saturated carbocycles. The maximum absolute atomic E-state index is 12.5. The van der Waals surface area contributed by atoms with Crippen molar-refractivity contribution >= 4 is 34.3 Å². The molecule has 0 unspecified atom stereocenters. The van der Waals surface area contributed by atoms with Crippen molar-refractivity contribution < 1.29 is 9.59 Å². The minimum absolute atomic E-state index is 0.0689. The summed E-state index contributed by atoms with van der Waals surface area (Å²) < 4.78 is 1.82. The van der Waals surface area contributed by atoms with E-state index in [2.05, 4.69) is 20.7 Å². The maximum atomic E-state index is 12.5. The van der Waals surface area contributed by atoms with E-state index in [0.29, 0.717) is 5.69 Å². The van der Waals surface area contributed by atoms with Gasteiger partial charge in [-0.2, -0.15) is 5.10 Å². The number of pyridine rings is 1. The van der Waals surface area contributed by atoms with Crippen LogP contribution in [0.2, 0.25) is 0 Å². The first-order valence-corrected chi connectivity index (χ1v) is 9.47. The molecular weight excluding hydrogens is 368 g/mol. The van der Waals surface area contributed by atoms with Gasteiger partial charge in [0.15, 0.2) is 5.65 Å². The van der Waals surface area contributed by atoms with E-state index in [0.717, 1.165) is 27.8 Å². The van der Waals surface area contributed by atoms with E-state index in [-0.39, 0.29) is 24.5 Å². The Bertz CT molecular complexity index is 1040. The molecular formula is C21H26N6O2. The van der Waals surface area contributed by atoms with E-state index in [1.807, 2.05) is 56.6 Å². The second-order valence-electron chi connectivity index (χ2n) is 7.42. The Morgan fingerprint density at radius 2 is 1.83 bits per heavy atom. The summed E-state index contributed by atoms with van der Waals surface area (Å²) in [5.74, 6) is -0.258. The van der Waals surface area contributed by atoms with Gasteiger partial charge in [0, 0.05) is 24.2 Å². The lowest BCUT2D eigenvalue weighted by atomic mass is 10.1. The number of hydrogen-bond donors (Lipinski definition) is 2. The number of nitrogens with one attached hydrogen (secondary N) is 2. The Labute approximate surface area is 169 Å². The summed E-state index contributed by atoms with van der Waals surface area (Å²) in [7, 11) is 1.57. The fraction of sp³-hybridized carbons (Fsp3) is 0.333. The summed E-state index contributed by atoms with van der Waals surface area (Å²) in [6.07, 6.45) is 3.31. The van der Waals surface area contributed by atoms with Crippen LogP contribution in [0.5, 0.6) is 0 Å². The molecule has 3 rings (SSSR count). The van der Waals surface area contributed by atoms with E-state index >= 15 is 0 Å². The number of hydrogen-bond acceptors (Lipinski definition) is 4. The van der Waals surface area contributed by atoms with Crippen LogP contribution in [-0.4, -0.2) is 45.2 Å². The number of anilines is 2. The molecule has 0 radical (unpaired) electrons. The number of para-hydroxylation sites is 1. The molecule has 0 spiro atoms. The summed E-state index contributed by atoms with van der Waals surface area (Å²) >= 11 is 0. The highest BCUT2D eigenvalue weighted by molar-refractivity contribution is 5.98. The summed E-state index contributed by atoms with van der Waals surface area (Å²) in [4.78, 5) is 30.6. The number of nitrogens with zero attached hydrogens (tertiary/aromatic N) is 4. The Kier molecular flexibility index (Phi) is 5.81. The van der Waals surface area contributed by atoms with Gasteiger partial charge < -0.3 is 15.5 Å². The highest BCUT2D eigenvalue weighted by Gasteiger charge is 2.15. The molecule has 2 aromatic heterocycles. The lowest BCUT2D eigenvalue weighted by Crippen LogP contribution is -2.37. The fourth-order valence-electron chi connectivity index (χ4n) is 3.08. The lowest BCUT2D eigenvalue weighted by molar-refractivity contribution is -0.116. The highest BCUT2D eigenvalue weighted by atomic mass is 16.2. The zero-order valence-corrected chi connectivity index (χ0v) is 17.4. The fourth-order valence-corrected chi connectivity index (χ4v) is 3.08. The van der Waals surface area contributed by atoms with Crippen molar-refractivity contribution in [2.75, 3.05) is 24.2 Å².